The van der Waals surface area contributed by atoms with Gasteiger partial charge < -0.3 is 14.8 Å². The number of rotatable bonds is 10. The van der Waals surface area contributed by atoms with Crippen LogP contribution in [0.15, 0.2) is 42.5 Å². The third-order valence-corrected chi connectivity index (χ3v) is 4.45. The van der Waals surface area contributed by atoms with Crippen LogP contribution in [0.3, 0.4) is 0 Å². The second kappa shape index (κ2) is 11.0. The number of hydrogen-bond acceptors (Lipinski definition) is 5. The molecule has 2 rings (SSSR count). The van der Waals surface area contributed by atoms with Gasteiger partial charge in [0, 0.05) is 11.1 Å². The fraction of sp³-hybridized carbons (Fsp3) is 0.348. The van der Waals surface area contributed by atoms with Crippen LogP contribution in [0.2, 0.25) is 0 Å². The zero-order valence-corrected chi connectivity index (χ0v) is 17.1. The summed E-state index contributed by atoms with van der Waals surface area (Å²) in [5.74, 6) is -0.647. The summed E-state index contributed by atoms with van der Waals surface area (Å²) in [6, 6.07) is 12.4. The molecule has 0 unspecified atom stereocenters. The maximum Gasteiger partial charge on any atom is 0.325 e. The fourth-order valence-electron chi connectivity index (χ4n) is 2.81. The molecule has 0 aliphatic carbocycles. The minimum absolute atomic E-state index is 0.247. The molecule has 0 heterocycles. The largest absolute Gasteiger partial charge is 0.494 e. The number of amides is 1. The fourth-order valence-corrected chi connectivity index (χ4v) is 2.81. The molecular weight excluding hydrogens is 370 g/mol. The number of carbonyl (C=O) groups is 3. The van der Waals surface area contributed by atoms with E-state index in [1.54, 1.807) is 24.3 Å². The van der Waals surface area contributed by atoms with Gasteiger partial charge in [-0.3, -0.25) is 14.4 Å². The molecule has 0 fully saturated rings. The van der Waals surface area contributed by atoms with Gasteiger partial charge >= 0.3 is 5.97 Å². The Labute approximate surface area is 171 Å². The maximum atomic E-state index is 12.5. The standard InChI is InChI=1S/C23H27NO5/c1-4-16-7-8-17(5-2)20(13-16)21(25)15-29-22(26)14-24-23(27)18-9-11-19(12-10-18)28-6-3/h7-13H,4-6,14-15H2,1-3H3,(H,24,27). The Morgan fingerprint density at radius 3 is 2.28 bits per heavy atom. The molecule has 0 radical (unpaired) electrons. The first kappa shape index (κ1) is 22.1. The van der Waals surface area contributed by atoms with Crippen LogP contribution < -0.4 is 10.1 Å². The Kier molecular flexibility index (Phi) is 8.40. The zero-order valence-electron chi connectivity index (χ0n) is 17.1. The predicted octanol–water partition coefficient (Wildman–Crippen LogP) is 3.37. The average molecular weight is 397 g/mol. The molecule has 0 saturated carbocycles. The highest BCUT2D eigenvalue weighted by atomic mass is 16.5. The van der Waals surface area contributed by atoms with Gasteiger partial charge in [0.2, 0.25) is 5.78 Å². The van der Waals surface area contributed by atoms with E-state index in [1.807, 2.05) is 39.0 Å². The summed E-state index contributed by atoms with van der Waals surface area (Å²) in [6.45, 7) is 5.74. The lowest BCUT2D eigenvalue weighted by Crippen LogP contribution is -2.31. The molecule has 6 nitrogen and oxygen atoms in total. The van der Waals surface area contributed by atoms with Crippen LogP contribution >= 0.6 is 0 Å². The van der Waals surface area contributed by atoms with Crippen LogP contribution in [0.4, 0.5) is 0 Å². The van der Waals surface area contributed by atoms with Crippen molar-refractivity contribution in [1.29, 1.82) is 0 Å². The maximum absolute atomic E-state index is 12.5. The molecule has 1 N–H and O–H groups in total. The monoisotopic (exact) mass is 397 g/mol. The highest BCUT2D eigenvalue weighted by Gasteiger charge is 2.15. The topological polar surface area (TPSA) is 81.7 Å². The minimum atomic E-state index is -0.665. The molecule has 0 atom stereocenters. The molecule has 0 bridgehead atoms. The van der Waals surface area contributed by atoms with Gasteiger partial charge in [-0.2, -0.15) is 0 Å². The number of esters is 1. The van der Waals surface area contributed by atoms with E-state index < -0.39 is 11.9 Å². The summed E-state index contributed by atoms with van der Waals surface area (Å²) < 4.78 is 10.4. The van der Waals surface area contributed by atoms with Crippen molar-refractivity contribution in [2.45, 2.75) is 33.6 Å². The van der Waals surface area contributed by atoms with Gasteiger partial charge in [-0.1, -0.05) is 26.0 Å². The van der Waals surface area contributed by atoms with Crippen molar-refractivity contribution in [3.05, 3.63) is 64.7 Å². The Balaban J connectivity index is 1.85. The number of nitrogens with one attached hydrogen (secondary N) is 1. The zero-order chi connectivity index (χ0) is 21.2. The highest BCUT2D eigenvalue weighted by molar-refractivity contribution is 6.00. The molecular formula is C23H27NO5. The lowest BCUT2D eigenvalue weighted by atomic mass is 9.98. The number of benzene rings is 2. The average Bonchev–Trinajstić information content (AvgIpc) is 2.76. The molecule has 0 aliphatic rings. The normalized spacial score (nSPS) is 10.3. The molecule has 6 heteroatoms. The Hall–Kier alpha value is -3.15. The van der Waals surface area contributed by atoms with Crippen LogP contribution in [0.1, 0.15) is 52.6 Å². The van der Waals surface area contributed by atoms with E-state index in [0.29, 0.717) is 23.5 Å². The second-order valence-electron chi connectivity index (χ2n) is 6.42. The molecule has 154 valence electrons. The smallest absolute Gasteiger partial charge is 0.325 e. The van der Waals surface area contributed by atoms with Crippen molar-refractivity contribution in [1.82, 2.24) is 5.32 Å². The van der Waals surface area contributed by atoms with Gasteiger partial charge in [0.05, 0.1) is 6.61 Å². The van der Waals surface area contributed by atoms with Crippen LogP contribution in [0, 0.1) is 0 Å². The van der Waals surface area contributed by atoms with E-state index >= 15 is 0 Å². The van der Waals surface area contributed by atoms with E-state index in [1.165, 1.54) is 0 Å². The quantitative estimate of drug-likeness (QED) is 0.491. The summed E-state index contributed by atoms with van der Waals surface area (Å²) in [5.41, 5.74) is 2.96. The number of ketones is 1. The van der Waals surface area contributed by atoms with Crippen LogP contribution in [0.25, 0.3) is 0 Å². The molecule has 0 aliphatic heterocycles. The van der Waals surface area contributed by atoms with Gasteiger partial charge in [0.1, 0.15) is 12.3 Å². The van der Waals surface area contributed by atoms with E-state index in [0.717, 1.165) is 24.0 Å². The van der Waals surface area contributed by atoms with Gasteiger partial charge in [-0.25, -0.2) is 0 Å². The molecule has 0 aromatic heterocycles. The van der Waals surface area contributed by atoms with Crippen LogP contribution in [0.5, 0.6) is 5.75 Å². The van der Waals surface area contributed by atoms with Crippen LogP contribution in [-0.2, 0) is 22.4 Å². The van der Waals surface area contributed by atoms with E-state index in [9.17, 15) is 14.4 Å². The summed E-state index contributed by atoms with van der Waals surface area (Å²) in [4.78, 5) is 36.5. The minimum Gasteiger partial charge on any atom is -0.494 e. The Bertz CT molecular complexity index is 858. The summed E-state index contributed by atoms with van der Waals surface area (Å²) >= 11 is 0. The van der Waals surface area contributed by atoms with Crippen molar-refractivity contribution >= 4 is 17.7 Å². The number of hydrogen-bond donors (Lipinski definition) is 1. The number of aryl methyl sites for hydroxylation is 2. The van der Waals surface area contributed by atoms with Gasteiger partial charge in [-0.05, 0) is 61.2 Å². The summed E-state index contributed by atoms with van der Waals surface area (Å²) in [6.07, 6.45) is 1.54. The Morgan fingerprint density at radius 2 is 1.66 bits per heavy atom. The lowest BCUT2D eigenvalue weighted by Gasteiger charge is -2.10. The first-order chi connectivity index (χ1) is 14.0. The molecule has 0 spiro atoms. The van der Waals surface area contributed by atoms with E-state index in [-0.39, 0.29) is 18.9 Å². The van der Waals surface area contributed by atoms with Crippen molar-refractivity contribution in [3.8, 4) is 5.75 Å². The van der Waals surface area contributed by atoms with Gasteiger partial charge in [0.25, 0.3) is 5.91 Å². The van der Waals surface area contributed by atoms with E-state index in [2.05, 4.69) is 5.32 Å². The van der Waals surface area contributed by atoms with Crippen molar-refractivity contribution in [3.63, 3.8) is 0 Å². The van der Waals surface area contributed by atoms with Gasteiger partial charge in [0.15, 0.2) is 6.61 Å². The van der Waals surface area contributed by atoms with Crippen molar-refractivity contribution in [2.24, 2.45) is 0 Å². The third kappa shape index (κ3) is 6.45. The molecule has 0 saturated heterocycles. The van der Waals surface area contributed by atoms with Crippen molar-refractivity contribution < 1.29 is 23.9 Å². The molecule has 2 aromatic carbocycles. The first-order valence-electron chi connectivity index (χ1n) is 9.80. The molecule has 2 aromatic rings. The summed E-state index contributed by atoms with van der Waals surface area (Å²) in [5, 5.41) is 2.49. The lowest BCUT2D eigenvalue weighted by molar-refractivity contribution is -0.141. The third-order valence-electron chi connectivity index (χ3n) is 4.45. The first-order valence-corrected chi connectivity index (χ1v) is 9.80. The molecule has 1 amide bonds. The SMILES string of the molecule is CCOc1ccc(C(=O)NCC(=O)OCC(=O)c2cc(CC)ccc2CC)cc1. The highest BCUT2D eigenvalue weighted by Crippen LogP contribution is 2.15. The predicted molar refractivity (Wildman–Crippen MR) is 110 cm³/mol. The van der Waals surface area contributed by atoms with Gasteiger partial charge in [-0.15, -0.1) is 0 Å². The van der Waals surface area contributed by atoms with Crippen molar-refractivity contribution in [2.75, 3.05) is 19.8 Å². The number of carbonyl (C=O) groups excluding carboxylic acids is 3. The van der Waals surface area contributed by atoms with Crippen LogP contribution in [-0.4, -0.2) is 37.4 Å². The second-order valence-corrected chi connectivity index (χ2v) is 6.42. The Morgan fingerprint density at radius 1 is 0.931 bits per heavy atom. The summed E-state index contributed by atoms with van der Waals surface area (Å²) in [7, 11) is 0. The molecule has 29 heavy (non-hydrogen) atoms. The van der Waals surface area contributed by atoms with E-state index in [4.69, 9.17) is 9.47 Å². The number of ether oxygens (including phenoxy) is 2. The number of Topliss-reactive ketones (excluding diaryl/α,β-unsaturated/α-hetero) is 1.